The Labute approximate surface area is 110 Å². The molecule has 1 rings (SSSR count). The summed E-state index contributed by atoms with van der Waals surface area (Å²) >= 11 is 0. The van der Waals surface area contributed by atoms with Gasteiger partial charge >= 0.3 is 0 Å². The Morgan fingerprint density at radius 2 is 1.83 bits per heavy atom. The molecule has 1 heterocycles. The molecule has 0 atom stereocenters. The molecule has 1 aromatic heterocycles. The van der Waals surface area contributed by atoms with E-state index < -0.39 is 0 Å². The molecule has 0 aliphatic heterocycles. The van der Waals surface area contributed by atoms with Crippen LogP contribution in [0.1, 0.15) is 26.7 Å². The Morgan fingerprint density at radius 1 is 1.28 bits per heavy atom. The molecule has 18 heavy (non-hydrogen) atoms. The molecule has 0 saturated carbocycles. The summed E-state index contributed by atoms with van der Waals surface area (Å²) in [6, 6.07) is 4.30. The number of hydrogen-bond donors (Lipinski definition) is 1. The highest BCUT2D eigenvalue weighted by Gasteiger charge is 2.12. The number of carbonyl (C=O) groups is 1. The highest BCUT2D eigenvalue weighted by Crippen LogP contribution is 2.05. The van der Waals surface area contributed by atoms with Gasteiger partial charge in [-0.1, -0.05) is 13.8 Å². The van der Waals surface area contributed by atoms with Gasteiger partial charge < -0.3 is 10.2 Å². The van der Waals surface area contributed by atoms with Crippen LogP contribution < -0.4 is 14.8 Å². The number of hydrogen-bond acceptors (Lipinski definition) is 2. The first-order chi connectivity index (χ1) is 8.56. The molecule has 0 aliphatic rings. The van der Waals surface area contributed by atoms with E-state index >= 15 is 0 Å². The van der Waals surface area contributed by atoms with E-state index in [-0.39, 0.29) is 5.91 Å². The van der Waals surface area contributed by atoms with Gasteiger partial charge in [0.1, 0.15) is 0 Å². The molecule has 0 fully saturated rings. The van der Waals surface area contributed by atoms with Crippen LogP contribution in [0.5, 0.6) is 0 Å². The van der Waals surface area contributed by atoms with Gasteiger partial charge in [-0.2, -0.15) is 4.57 Å². The van der Waals surface area contributed by atoms with Gasteiger partial charge in [0.15, 0.2) is 12.4 Å². The fourth-order valence-electron chi connectivity index (χ4n) is 1.78. The highest BCUT2D eigenvalue weighted by atomic mass is 16.2. The van der Waals surface area contributed by atoms with Gasteiger partial charge in [-0.3, -0.25) is 4.79 Å². The minimum absolute atomic E-state index is 0.0753. The Morgan fingerprint density at radius 3 is 2.28 bits per heavy atom. The van der Waals surface area contributed by atoms with Crippen molar-refractivity contribution < 1.29 is 9.36 Å². The minimum Gasteiger partial charge on any atom is -0.377 e. The summed E-state index contributed by atoms with van der Waals surface area (Å²) in [6.45, 7) is 4.56. The van der Waals surface area contributed by atoms with Crippen molar-refractivity contribution >= 4 is 11.6 Å². The lowest BCUT2D eigenvalue weighted by Crippen LogP contribution is -2.45. The fourth-order valence-corrected chi connectivity index (χ4v) is 1.78. The molecule has 4 heteroatoms. The number of aromatic nitrogens is 1. The van der Waals surface area contributed by atoms with Gasteiger partial charge in [-0.05, 0) is 12.8 Å². The van der Waals surface area contributed by atoms with Crippen molar-refractivity contribution in [3.8, 4) is 0 Å². The molecule has 0 saturated heterocycles. The Balaban J connectivity index is 2.54. The largest absolute Gasteiger partial charge is 0.377 e. The quantitative estimate of drug-likeness (QED) is 0.774. The minimum atomic E-state index is 0.0753. The van der Waals surface area contributed by atoms with E-state index in [0.717, 1.165) is 18.5 Å². The second kappa shape index (κ2) is 6.99. The third-order valence-corrected chi connectivity index (χ3v) is 3.07. The summed E-state index contributed by atoms with van der Waals surface area (Å²) in [4.78, 5) is 13.9. The maximum Gasteiger partial charge on any atom is 0.286 e. The van der Waals surface area contributed by atoms with E-state index in [0.29, 0.717) is 12.6 Å². The van der Waals surface area contributed by atoms with Crippen molar-refractivity contribution in [3.05, 3.63) is 24.5 Å². The molecule has 100 valence electrons. The SMILES string of the molecule is CCC(CC)NC(=O)C[n+]1ccc(N(C)C)cc1. The number of amides is 1. The molecular weight excluding hydrogens is 226 g/mol. The highest BCUT2D eigenvalue weighted by molar-refractivity contribution is 5.74. The van der Waals surface area contributed by atoms with Crippen LogP contribution in [0.2, 0.25) is 0 Å². The maximum atomic E-state index is 11.8. The van der Waals surface area contributed by atoms with Crippen molar-refractivity contribution in [1.29, 1.82) is 0 Å². The first kappa shape index (κ1) is 14.5. The molecular formula is C14H24N3O+. The van der Waals surface area contributed by atoms with Crippen LogP contribution >= 0.6 is 0 Å². The lowest BCUT2D eigenvalue weighted by atomic mass is 10.2. The van der Waals surface area contributed by atoms with Crippen molar-refractivity contribution in [3.63, 3.8) is 0 Å². The third-order valence-electron chi connectivity index (χ3n) is 3.07. The van der Waals surface area contributed by atoms with Crippen LogP contribution in [0.15, 0.2) is 24.5 Å². The smallest absolute Gasteiger partial charge is 0.286 e. The van der Waals surface area contributed by atoms with Crippen molar-refractivity contribution in [1.82, 2.24) is 5.32 Å². The van der Waals surface area contributed by atoms with Crippen LogP contribution in [-0.4, -0.2) is 26.0 Å². The summed E-state index contributed by atoms with van der Waals surface area (Å²) in [6.07, 6.45) is 5.82. The molecule has 1 aromatic rings. The van der Waals surface area contributed by atoms with Gasteiger partial charge in [0, 0.05) is 38.0 Å². The van der Waals surface area contributed by atoms with E-state index in [1.54, 1.807) is 0 Å². The topological polar surface area (TPSA) is 36.2 Å². The van der Waals surface area contributed by atoms with Crippen LogP contribution in [0.3, 0.4) is 0 Å². The lowest BCUT2D eigenvalue weighted by molar-refractivity contribution is -0.684. The van der Waals surface area contributed by atoms with Crippen LogP contribution in [0.25, 0.3) is 0 Å². The standard InChI is InChI=1S/C14H23N3O/c1-5-12(6-2)15-14(18)11-17-9-7-13(8-10-17)16(3)4/h7-10,12H,5-6,11H2,1-4H3/p+1. The monoisotopic (exact) mass is 250 g/mol. The summed E-state index contributed by atoms with van der Waals surface area (Å²) in [7, 11) is 4.00. The molecule has 1 N–H and O–H groups in total. The van der Waals surface area contributed by atoms with E-state index in [4.69, 9.17) is 0 Å². The normalized spacial score (nSPS) is 10.5. The van der Waals surface area contributed by atoms with E-state index in [2.05, 4.69) is 19.2 Å². The van der Waals surface area contributed by atoms with Crippen molar-refractivity contribution in [2.75, 3.05) is 19.0 Å². The van der Waals surface area contributed by atoms with E-state index in [1.807, 2.05) is 48.1 Å². The molecule has 4 nitrogen and oxygen atoms in total. The second-order valence-corrected chi connectivity index (χ2v) is 4.70. The predicted molar refractivity (Wildman–Crippen MR) is 73.5 cm³/mol. The average Bonchev–Trinajstić information content (AvgIpc) is 2.36. The van der Waals surface area contributed by atoms with Crippen molar-refractivity contribution in [2.45, 2.75) is 39.3 Å². The molecule has 0 spiro atoms. The molecule has 1 amide bonds. The Hall–Kier alpha value is -1.58. The second-order valence-electron chi connectivity index (χ2n) is 4.70. The zero-order valence-corrected chi connectivity index (χ0v) is 11.8. The number of carbonyl (C=O) groups excluding carboxylic acids is 1. The zero-order chi connectivity index (χ0) is 13.5. The summed E-state index contributed by atoms with van der Waals surface area (Å²) in [5.74, 6) is 0.0753. The fraction of sp³-hybridized carbons (Fsp3) is 0.571. The Kier molecular flexibility index (Phi) is 5.62. The third kappa shape index (κ3) is 4.35. The van der Waals surface area contributed by atoms with Gasteiger partial charge in [-0.25, -0.2) is 0 Å². The van der Waals surface area contributed by atoms with E-state index in [1.165, 1.54) is 0 Å². The zero-order valence-electron chi connectivity index (χ0n) is 11.8. The number of pyridine rings is 1. The maximum absolute atomic E-state index is 11.8. The molecule has 0 aliphatic carbocycles. The van der Waals surface area contributed by atoms with Gasteiger partial charge in [0.2, 0.25) is 6.54 Å². The number of nitrogens with zero attached hydrogens (tertiary/aromatic N) is 2. The predicted octanol–water partition coefficient (Wildman–Crippen LogP) is 1.34. The Bertz CT molecular complexity index is 369. The summed E-state index contributed by atoms with van der Waals surface area (Å²) in [5.41, 5.74) is 1.13. The first-order valence-electron chi connectivity index (χ1n) is 6.52. The van der Waals surface area contributed by atoms with Crippen LogP contribution in [0.4, 0.5) is 5.69 Å². The average molecular weight is 250 g/mol. The van der Waals surface area contributed by atoms with E-state index in [9.17, 15) is 4.79 Å². The van der Waals surface area contributed by atoms with Crippen molar-refractivity contribution in [2.24, 2.45) is 0 Å². The molecule has 0 unspecified atom stereocenters. The number of nitrogens with one attached hydrogen (secondary N) is 1. The van der Waals surface area contributed by atoms with Gasteiger partial charge in [0.05, 0.1) is 0 Å². The number of anilines is 1. The first-order valence-corrected chi connectivity index (χ1v) is 6.52. The van der Waals surface area contributed by atoms with Gasteiger partial charge in [0.25, 0.3) is 5.91 Å². The lowest BCUT2D eigenvalue weighted by Gasteiger charge is -2.13. The van der Waals surface area contributed by atoms with Crippen LogP contribution in [-0.2, 0) is 11.3 Å². The van der Waals surface area contributed by atoms with Gasteiger partial charge in [-0.15, -0.1) is 0 Å². The van der Waals surface area contributed by atoms with Crippen LogP contribution in [0, 0.1) is 0 Å². The summed E-state index contributed by atoms with van der Waals surface area (Å²) < 4.78 is 1.89. The summed E-state index contributed by atoms with van der Waals surface area (Å²) in [5, 5.41) is 3.03. The molecule has 0 bridgehead atoms. The molecule has 0 aromatic carbocycles. The molecule has 0 radical (unpaired) electrons. The number of rotatable bonds is 6.